The molecule has 0 atom stereocenters. The number of rotatable bonds is 5. The Morgan fingerprint density at radius 2 is 2.12 bits per heavy atom. The second kappa shape index (κ2) is 6.09. The van der Waals surface area contributed by atoms with Crippen LogP contribution in [0.2, 0.25) is 0 Å². The van der Waals surface area contributed by atoms with Crippen LogP contribution in [-0.2, 0) is 13.2 Å². The summed E-state index contributed by atoms with van der Waals surface area (Å²) in [5.41, 5.74) is 4.86. The molecule has 1 aliphatic carbocycles. The Morgan fingerprint density at radius 3 is 2.92 bits per heavy atom. The second-order valence-corrected chi connectivity index (χ2v) is 7.67. The molecule has 0 amide bonds. The van der Waals surface area contributed by atoms with Crippen molar-refractivity contribution in [3.05, 3.63) is 52.4 Å². The van der Waals surface area contributed by atoms with Crippen LogP contribution < -0.4 is 4.74 Å². The molecule has 6 nitrogen and oxygen atoms in total. The number of ether oxygens (including phenoxy) is 1. The lowest BCUT2D eigenvalue weighted by molar-refractivity contribution is 0.300. The maximum atomic E-state index is 6.00. The van der Waals surface area contributed by atoms with E-state index in [0.717, 1.165) is 50.8 Å². The van der Waals surface area contributed by atoms with Gasteiger partial charge in [-0.25, -0.2) is 9.67 Å². The van der Waals surface area contributed by atoms with Crippen LogP contribution in [0.1, 0.15) is 24.2 Å². The van der Waals surface area contributed by atoms with Gasteiger partial charge in [-0.2, -0.15) is 0 Å². The van der Waals surface area contributed by atoms with Crippen LogP contribution in [0.4, 0.5) is 0 Å². The van der Waals surface area contributed by atoms with Crippen molar-refractivity contribution >= 4 is 32.6 Å². The fourth-order valence-corrected chi connectivity index (χ4v) is 3.73. The summed E-state index contributed by atoms with van der Waals surface area (Å²) in [4.78, 5) is 4.61. The first-order chi connectivity index (χ1) is 12.7. The fraction of sp³-hybridized carbons (Fsp3) is 0.316. The number of benzene rings is 1. The average Bonchev–Trinajstić information content (AvgIpc) is 3.19. The highest BCUT2D eigenvalue weighted by molar-refractivity contribution is 9.10. The Labute approximate surface area is 158 Å². The lowest BCUT2D eigenvalue weighted by Gasteiger charge is -2.07. The molecule has 1 fully saturated rings. The minimum Gasteiger partial charge on any atom is -0.486 e. The van der Waals surface area contributed by atoms with Gasteiger partial charge in [0.25, 0.3) is 0 Å². The van der Waals surface area contributed by atoms with Gasteiger partial charge >= 0.3 is 0 Å². The summed E-state index contributed by atoms with van der Waals surface area (Å²) in [5.74, 6) is 1.51. The van der Waals surface area contributed by atoms with Crippen molar-refractivity contribution in [2.75, 3.05) is 0 Å². The first-order valence-corrected chi connectivity index (χ1v) is 9.56. The highest BCUT2D eigenvalue weighted by atomic mass is 79.9. The average molecular weight is 412 g/mol. The Hall–Kier alpha value is -2.41. The molecule has 3 aromatic heterocycles. The molecule has 0 saturated heterocycles. The molecule has 0 N–H and O–H groups in total. The van der Waals surface area contributed by atoms with Gasteiger partial charge in [0, 0.05) is 18.4 Å². The Balaban J connectivity index is 1.40. The zero-order valence-corrected chi connectivity index (χ0v) is 16.0. The summed E-state index contributed by atoms with van der Waals surface area (Å²) in [7, 11) is 0. The van der Waals surface area contributed by atoms with E-state index in [4.69, 9.17) is 4.74 Å². The van der Waals surface area contributed by atoms with Gasteiger partial charge in [-0.05, 0) is 65.9 Å². The third kappa shape index (κ3) is 2.76. The molecule has 5 rings (SSSR count). The van der Waals surface area contributed by atoms with Crippen molar-refractivity contribution in [2.24, 2.45) is 5.92 Å². The van der Waals surface area contributed by atoms with E-state index < -0.39 is 0 Å². The van der Waals surface area contributed by atoms with E-state index in [2.05, 4.69) is 48.6 Å². The van der Waals surface area contributed by atoms with E-state index in [9.17, 15) is 0 Å². The highest BCUT2D eigenvalue weighted by Gasteiger charge is 2.23. The van der Waals surface area contributed by atoms with Crippen LogP contribution in [0.3, 0.4) is 0 Å². The third-order valence-corrected chi connectivity index (χ3v) is 5.61. The first kappa shape index (κ1) is 15.8. The second-order valence-electron chi connectivity index (χ2n) is 6.88. The van der Waals surface area contributed by atoms with Crippen molar-refractivity contribution in [3.8, 4) is 5.75 Å². The van der Waals surface area contributed by atoms with Crippen LogP contribution in [0.5, 0.6) is 5.75 Å². The van der Waals surface area contributed by atoms with Gasteiger partial charge in [0.05, 0.1) is 15.7 Å². The lowest BCUT2D eigenvalue weighted by atomic mass is 10.3. The number of halogens is 1. The molecule has 1 aromatic carbocycles. The van der Waals surface area contributed by atoms with Crippen LogP contribution in [0.25, 0.3) is 16.7 Å². The number of fused-ring (bicyclic) bond motifs is 2. The van der Waals surface area contributed by atoms with Crippen molar-refractivity contribution in [1.29, 1.82) is 0 Å². The largest absolute Gasteiger partial charge is 0.486 e. The number of hydrogen-bond acceptors (Lipinski definition) is 4. The lowest BCUT2D eigenvalue weighted by Crippen LogP contribution is -2.01. The normalized spacial score (nSPS) is 14.4. The summed E-state index contributed by atoms with van der Waals surface area (Å²) in [6.07, 6.45) is 4.60. The quantitative estimate of drug-likeness (QED) is 0.495. The van der Waals surface area contributed by atoms with Crippen LogP contribution in [0, 0.1) is 12.8 Å². The molecule has 1 saturated carbocycles. The molecule has 0 aliphatic heterocycles. The number of hydrogen-bond donors (Lipinski definition) is 0. The van der Waals surface area contributed by atoms with E-state index in [1.165, 1.54) is 12.8 Å². The molecule has 0 bridgehead atoms. The Morgan fingerprint density at radius 1 is 1.23 bits per heavy atom. The standard InChI is InChI=1S/C19H18BrN5O/c1-12-3-2-4-17-21-14(10-24(12)17)11-26-16-8-7-15-19(18(16)20)22-23-25(15)9-13-5-6-13/h2-4,7-8,10,13H,5-6,9,11H2,1H3. The van der Waals surface area contributed by atoms with E-state index in [1.54, 1.807) is 0 Å². The molecule has 3 heterocycles. The number of aromatic nitrogens is 5. The molecule has 0 spiro atoms. The molecule has 26 heavy (non-hydrogen) atoms. The number of pyridine rings is 1. The van der Waals surface area contributed by atoms with E-state index in [1.807, 2.05) is 35.1 Å². The molecule has 0 radical (unpaired) electrons. The van der Waals surface area contributed by atoms with E-state index in [-0.39, 0.29) is 0 Å². The maximum absolute atomic E-state index is 6.00. The summed E-state index contributed by atoms with van der Waals surface area (Å²) in [5, 5.41) is 8.63. The SMILES string of the molecule is Cc1cccc2nc(COc3ccc4c(nnn4CC4CC4)c3Br)cn12. The number of aryl methyl sites for hydroxylation is 1. The van der Waals surface area contributed by atoms with Gasteiger partial charge in [0.1, 0.15) is 23.5 Å². The van der Waals surface area contributed by atoms with Crippen molar-refractivity contribution in [2.45, 2.75) is 32.9 Å². The van der Waals surface area contributed by atoms with Gasteiger partial charge in [-0.3, -0.25) is 0 Å². The van der Waals surface area contributed by atoms with Crippen molar-refractivity contribution in [3.63, 3.8) is 0 Å². The van der Waals surface area contributed by atoms with Crippen LogP contribution >= 0.6 is 15.9 Å². The van der Waals surface area contributed by atoms with Gasteiger partial charge < -0.3 is 9.14 Å². The molecule has 0 unspecified atom stereocenters. The zero-order valence-electron chi connectivity index (χ0n) is 14.4. The predicted octanol–water partition coefficient (Wildman–Crippen LogP) is 4.14. The molecular weight excluding hydrogens is 394 g/mol. The molecule has 132 valence electrons. The number of nitrogens with zero attached hydrogens (tertiary/aromatic N) is 5. The Kier molecular flexibility index (Phi) is 3.70. The third-order valence-electron chi connectivity index (χ3n) is 4.84. The summed E-state index contributed by atoms with van der Waals surface area (Å²) in [6.45, 7) is 3.42. The molecule has 7 heteroatoms. The minimum absolute atomic E-state index is 0.404. The summed E-state index contributed by atoms with van der Waals surface area (Å²) < 4.78 is 10.9. The predicted molar refractivity (Wildman–Crippen MR) is 102 cm³/mol. The topological polar surface area (TPSA) is 57.2 Å². The van der Waals surface area contributed by atoms with Gasteiger partial charge in [0.15, 0.2) is 0 Å². The zero-order chi connectivity index (χ0) is 17.7. The highest BCUT2D eigenvalue weighted by Crippen LogP contribution is 2.35. The van der Waals surface area contributed by atoms with Crippen LogP contribution in [0.15, 0.2) is 41.0 Å². The molecular formula is C19H18BrN5O. The molecule has 1 aliphatic rings. The Bertz CT molecular complexity index is 1110. The summed E-state index contributed by atoms with van der Waals surface area (Å²) >= 11 is 3.63. The monoisotopic (exact) mass is 411 g/mol. The summed E-state index contributed by atoms with van der Waals surface area (Å²) in [6, 6.07) is 10.1. The first-order valence-electron chi connectivity index (χ1n) is 8.77. The van der Waals surface area contributed by atoms with Gasteiger partial charge in [-0.15, -0.1) is 5.10 Å². The maximum Gasteiger partial charge on any atom is 0.137 e. The van der Waals surface area contributed by atoms with Crippen molar-refractivity contribution in [1.82, 2.24) is 24.4 Å². The van der Waals surface area contributed by atoms with Crippen LogP contribution in [-0.4, -0.2) is 24.4 Å². The number of imidazole rings is 1. The minimum atomic E-state index is 0.404. The van der Waals surface area contributed by atoms with E-state index in [0.29, 0.717) is 6.61 Å². The van der Waals surface area contributed by atoms with Gasteiger partial charge in [-0.1, -0.05) is 11.3 Å². The van der Waals surface area contributed by atoms with Crippen molar-refractivity contribution < 1.29 is 4.74 Å². The smallest absolute Gasteiger partial charge is 0.137 e. The molecule has 4 aromatic rings. The fourth-order valence-electron chi connectivity index (χ4n) is 3.20. The van der Waals surface area contributed by atoms with Gasteiger partial charge in [0.2, 0.25) is 0 Å². The van der Waals surface area contributed by atoms with E-state index >= 15 is 0 Å².